The molecule has 0 saturated carbocycles. The van der Waals surface area contributed by atoms with Crippen LogP contribution in [-0.4, -0.2) is 10.2 Å². The first-order chi connectivity index (χ1) is 7.17. The molecule has 0 atom stereocenters. The molecule has 1 nitrogen and oxygen atoms in total. The number of hydrogen-bond acceptors (Lipinski definition) is 4. The number of aryl methyl sites for hydroxylation is 1. The Kier molecular flexibility index (Phi) is 6.09. The van der Waals surface area contributed by atoms with Gasteiger partial charge >= 0.3 is 0 Å². The Labute approximate surface area is 106 Å². The quantitative estimate of drug-likeness (QED) is 0.772. The van der Waals surface area contributed by atoms with Crippen molar-refractivity contribution in [1.82, 2.24) is 4.98 Å². The summed E-state index contributed by atoms with van der Waals surface area (Å²) in [6.07, 6.45) is 2.26. The number of thiol groups is 1. The minimum absolute atomic E-state index is 0.683. The first-order valence-corrected chi connectivity index (χ1v) is 7.87. The lowest BCUT2D eigenvalue weighted by Gasteiger charge is -2.00. The second kappa shape index (κ2) is 6.81. The van der Waals surface area contributed by atoms with E-state index in [0.717, 1.165) is 17.9 Å². The molecule has 1 rings (SSSR count). The van der Waals surface area contributed by atoms with Gasteiger partial charge in [0.1, 0.15) is 5.01 Å². The van der Waals surface area contributed by atoms with E-state index in [4.69, 9.17) is 4.98 Å². The van der Waals surface area contributed by atoms with Crippen molar-refractivity contribution in [2.75, 3.05) is 0 Å². The van der Waals surface area contributed by atoms with E-state index in [1.165, 1.54) is 22.0 Å². The lowest BCUT2D eigenvalue weighted by Crippen LogP contribution is -1.90. The van der Waals surface area contributed by atoms with Crippen LogP contribution in [-0.2, 0) is 17.9 Å². The van der Waals surface area contributed by atoms with Gasteiger partial charge in [0.2, 0.25) is 0 Å². The first kappa shape index (κ1) is 13.4. The maximum absolute atomic E-state index is 4.69. The van der Waals surface area contributed by atoms with Crippen molar-refractivity contribution < 1.29 is 0 Å². The van der Waals surface area contributed by atoms with E-state index in [1.807, 2.05) is 23.1 Å². The van der Waals surface area contributed by atoms with Crippen LogP contribution >= 0.6 is 35.7 Å². The molecule has 0 radical (unpaired) electrons. The zero-order valence-corrected chi connectivity index (χ0v) is 12.1. The normalized spacial score (nSPS) is 11.3. The molecular formula is C11H19NS3. The summed E-state index contributed by atoms with van der Waals surface area (Å²) < 4.78 is 0. The largest absolute Gasteiger partial charge is 0.245 e. The van der Waals surface area contributed by atoms with Gasteiger partial charge in [-0.15, -0.1) is 11.3 Å². The molecule has 86 valence electrons. The van der Waals surface area contributed by atoms with E-state index in [2.05, 4.69) is 33.4 Å². The third-order valence-electron chi connectivity index (χ3n) is 1.99. The average Bonchev–Trinajstić information content (AvgIpc) is 2.58. The van der Waals surface area contributed by atoms with Gasteiger partial charge in [0, 0.05) is 16.4 Å². The highest BCUT2D eigenvalue weighted by Crippen LogP contribution is 2.26. The second-order valence-corrected chi connectivity index (χ2v) is 6.79. The highest BCUT2D eigenvalue weighted by Gasteiger charge is 2.09. The number of rotatable bonds is 6. The smallest absolute Gasteiger partial charge is 0.103 e. The maximum atomic E-state index is 4.69. The van der Waals surface area contributed by atoms with Crippen molar-refractivity contribution in [2.24, 2.45) is 0 Å². The number of nitrogens with zero attached hydrogens (tertiary/aromatic N) is 1. The van der Waals surface area contributed by atoms with Gasteiger partial charge in [-0.05, 0) is 11.7 Å². The summed E-state index contributed by atoms with van der Waals surface area (Å²) in [6, 6.07) is 0. The van der Waals surface area contributed by atoms with E-state index < -0.39 is 0 Å². The van der Waals surface area contributed by atoms with E-state index in [1.54, 1.807) is 0 Å². The average molecular weight is 261 g/mol. The highest BCUT2D eigenvalue weighted by molar-refractivity contribution is 7.99. The van der Waals surface area contributed by atoms with Crippen LogP contribution in [0.5, 0.6) is 0 Å². The first-order valence-electron chi connectivity index (χ1n) is 5.37. The minimum atomic E-state index is 0.683. The number of thioether (sulfide) groups is 1. The summed E-state index contributed by atoms with van der Waals surface area (Å²) in [4.78, 5) is 6.05. The summed E-state index contributed by atoms with van der Waals surface area (Å²) in [6.45, 7) is 6.65. The van der Waals surface area contributed by atoms with Gasteiger partial charge in [-0.3, -0.25) is 0 Å². The Hall–Kier alpha value is 0.330. The summed E-state index contributed by atoms with van der Waals surface area (Å²) in [5.74, 6) is 1.88. The molecule has 0 spiro atoms. The van der Waals surface area contributed by atoms with Crippen LogP contribution in [0.1, 0.15) is 42.8 Å². The van der Waals surface area contributed by atoms with Crippen molar-refractivity contribution in [1.29, 1.82) is 0 Å². The predicted molar refractivity (Wildman–Crippen MR) is 75.2 cm³/mol. The van der Waals surface area contributed by atoms with Crippen LogP contribution in [0.25, 0.3) is 0 Å². The van der Waals surface area contributed by atoms with Gasteiger partial charge in [0.25, 0.3) is 0 Å². The van der Waals surface area contributed by atoms with E-state index in [9.17, 15) is 0 Å². The molecule has 0 bridgehead atoms. The summed E-state index contributed by atoms with van der Waals surface area (Å²) in [5.41, 5.74) is 1.27. The molecular weight excluding hydrogens is 242 g/mol. The molecule has 0 aliphatic carbocycles. The molecule has 0 aromatic carbocycles. The Balaban J connectivity index is 2.65. The van der Waals surface area contributed by atoms with Crippen molar-refractivity contribution >= 4 is 35.7 Å². The van der Waals surface area contributed by atoms with Gasteiger partial charge in [-0.25, -0.2) is 4.98 Å². The van der Waals surface area contributed by atoms with Crippen molar-refractivity contribution in [3.05, 3.63) is 15.6 Å². The third kappa shape index (κ3) is 4.37. The van der Waals surface area contributed by atoms with Crippen LogP contribution in [0.3, 0.4) is 0 Å². The van der Waals surface area contributed by atoms with Crippen molar-refractivity contribution in [3.63, 3.8) is 0 Å². The van der Waals surface area contributed by atoms with Gasteiger partial charge in [-0.1, -0.05) is 27.2 Å². The lowest BCUT2D eigenvalue weighted by molar-refractivity contribution is 0.878. The highest BCUT2D eigenvalue weighted by atomic mass is 32.2. The standard InChI is InChI=1S/C11H19NS3/c1-4-5-9-10(6-13)15-11(12-9)7-14-8(2)3/h8,13H,4-7H2,1-3H3. The molecule has 0 saturated heterocycles. The zero-order valence-electron chi connectivity index (χ0n) is 9.62. The van der Waals surface area contributed by atoms with Gasteiger partial charge in [0.15, 0.2) is 0 Å². The molecule has 1 aromatic rings. The fourth-order valence-corrected chi connectivity index (χ4v) is 3.42. The second-order valence-electron chi connectivity index (χ2n) is 3.75. The van der Waals surface area contributed by atoms with E-state index >= 15 is 0 Å². The van der Waals surface area contributed by atoms with Crippen LogP contribution in [0.15, 0.2) is 0 Å². The van der Waals surface area contributed by atoms with Gasteiger partial charge in [0.05, 0.1) is 5.69 Å². The van der Waals surface area contributed by atoms with Crippen LogP contribution < -0.4 is 0 Å². The van der Waals surface area contributed by atoms with Crippen LogP contribution in [0.4, 0.5) is 0 Å². The summed E-state index contributed by atoms with van der Waals surface area (Å²) >= 11 is 8.15. The molecule has 0 N–H and O–H groups in total. The monoisotopic (exact) mass is 261 g/mol. The summed E-state index contributed by atoms with van der Waals surface area (Å²) in [7, 11) is 0. The maximum Gasteiger partial charge on any atom is 0.103 e. The lowest BCUT2D eigenvalue weighted by atomic mass is 10.2. The zero-order chi connectivity index (χ0) is 11.3. The Morgan fingerprint density at radius 1 is 1.47 bits per heavy atom. The number of thiazole rings is 1. The molecule has 4 heteroatoms. The number of hydrogen-bond donors (Lipinski definition) is 1. The Bertz CT molecular complexity index is 294. The van der Waals surface area contributed by atoms with E-state index in [0.29, 0.717) is 5.25 Å². The van der Waals surface area contributed by atoms with Gasteiger partial charge < -0.3 is 0 Å². The summed E-state index contributed by atoms with van der Waals surface area (Å²) in [5, 5.41) is 1.95. The topological polar surface area (TPSA) is 12.9 Å². The molecule has 1 aromatic heterocycles. The van der Waals surface area contributed by atoms with Crippen LogP contribution in [0.2, 0.25) is 0 Å². The molecule has 1 heterocycles. The molecule has 0 aliphatic heterocycles. The Morgan fingerprint density at radius 3 is 2.73 bits per heavy atom. The van der Waals surface area contributed by atoms with Gasteiger partial charge in [-0.2, -0.15) is 24.4 Å². The minimum Gasteiger partial charge on any atom is -0.245 e. The molecule has 15 heavy (non-hydrogen) atoms. The SMILES string of the molecule is CCCc1nc(CSC(C)C)sc1CS. The molecule has 0 aliphatic rings. The van der Waals surface area contributed by atoms with Crippen molar-refractivity contribution in [2.45, 2.75) is 50.4 Å². The van der Waals surface area contributed by atoms with Crippen LogP contribution in [0, 0.1) is 0 Å². The molecule has 0 unspecified atom stereocenters. The fourth-order valence-electron chi connectivity index (χ4n) is 1.29. The van der Waals surface area contributed by atoms with E-state index in [-0.39, 0.29) is 0 Å². The number of aromatic nitrogens is 1. The predicted octanol–water partition coefficient (Wildman–Crippen LogP) is 4.17. The Morgan fingerprint density at radius 2 is 2.20 bits per heavy atom. The van der Waals surface area contributed by atoms with Crippen molar-refractivity contribution in [3.8, 4) is 0 Å². The third-order valence-corrected chi connectivity index (χ3v) is 4.91. The molecule has 0 fully saturated rings. The fraction of sp³-hybridized carbons (Fsp3) is 0.727. The molecule has 0 amide bonds.